The van der Waals surface area contributed by atoms with Crippen LogP contribution >= 0.6 is 253 Å². The van der Waals surface area contributed by atoms with Crippen molar-refractivity contribution in [2.45, 2.75) is 175 Å². The van der Waals surface area contributed by atoms with Gasteiger partial charge in [-0.25, -0.2) is 0 Å². The number of carbonyl (C=O) groups excluding carboxylic acids is 2. The second kappa shape index (κ2) is 77.8. The molecule has 0 spiro atoms. The third kappa shape index (κ3) is 63.3. The largest absolute Gasteiger partial charge is 0.481 e. The van der Waals surface area contributed by atoms with Gasteiger partial charge in [0.15, 0.2) is 0 Å². The summed E-state index contributed by atoms with van der Waals surface area (Å²) in [6.07, 6.45) is 13.5. The fraction of sp³-hybridized carbons (Fsp3) is 0.507. The van der Waals surface area contributed by atoms with Gasteiger partial charge in [0.05, 0.1) is 44.5 Å². The number of unbranched alkanes of at least 4 members (excludes halogenated alkanes) is 7. The number of benzene rings is 6. The number of aliphatic hydroxyl groups is 1. The van der Waals surface area contributed by atoms with Gasteiger partial charge >= 0.3 is 17.9 Å². The number of hydrogen-bond donors (Lipinski definition) is 22. The molecule has 0 aromatic heterocycles. The summed E-state index contributed by atoms with van der Waals surface area (Å²) in [5, 5.41) is 19.3. The number of aliphatic hydroxyl groups excluding tert-OH is 1. The molecule has 0 bridgehead atoms. The Morgan fingerprint density at radius 2 is 0.788 bits per heavy atom. The Hall–Kier alpha value is 0.870. The molecule has 0 aliphatic carbocycles. The van der Waals surface area contributed by atoms with Crippen molar-refractivity contribution in [2.24, 2.45) is 0 Å². The summed E-state index contributed by atoms with van der Waals surface area (Å²) in [7, 11) is 0. The maximum absolute atomic E-state index is 10.5. The van der Waals surface area contributed by atoms with Gasteiger partial charge in [0.1, 0.15) is 13.2 Å². The number of rotatable bonds is 33. The smallest absolute Gasteiger partial charge is 0.315 e. The maximum Gasteiger partial charge on any atom is 0.315 e. The van der Waals surface area contributed by atoms with Crippen molar-refractivity contribution in [1.82, 2.24) is 0 Å². The molecule has 104 heavy (non-hydrogen) atoms. The molecule has 29 heteroatoms. The average molecular weight is 1810 g/mol. The van der Waals surface area contributed by atoms with E-state index in [2.05, 4.69) is 327 Å². The minimum absolute atomic E-state index is 0.0283. The molecule has 2 unspecified atom stereocenters. The Morgan fingerprint density at radius 1 is 0.394 bits per heavy atom. The number of ether oxygens (including phenoxy) is 4. The van der Waals surface area contributed by atoms with Gasteiger partial charge in [-0.2, -0.15) is 177 Å². The van der Waals surface area contributed by atoms with Crippen molar-refractivity contribution in [3.63, 3.8) is 0 Å². The topological polar surface area (TPSA) is 129 Å². The number of aryl methyl sites for hydroxylation is 4. The Bertz CT molecular complexity index is 2930. The van der Waals surface area contributed by atoms with E-state index in [4.69, 9.17) is 19.7 Å². The Morgan fingerprint density at radius 3 is 1.09 bits per heavy atom. The summed E-state index contributed by atoms with van der Waals surface area (Å²) in [6, 6.07) is 34.0. The van der Waals surface area contributed by atoms with Gasteiger partial charge in [-0.05, 0) is 187 Å². The van der Waals surface area contributed by atoms with E-state index in [0.717, 1.165) is 118 Å². The highest BCUT2D eigenvalue weighted by molar-refractivity contribution is 7.85. The van der Waals surface area contributed by atoms with E-state index in [-0.39, 0.29) is 43.0 Å². The summed E-state index contributed by atoms with van der Waals surface area (Å²) < 4.78 is 19.3. The number of carboxylic acids is 1. The summed E-state index contributed by atoms with van der Waals surface area (Å²) >= 11 is 82.3. The van der Waals surface area contributed by atoms with Crippen LogP contribution in [-0.2, 0) is 56.3 Å². The number of carboxylic acid groups (broad SMARTS) is 1. The Balaban J connectivity index is -0.000000537. The molecule has 6 aromatic carbocycles. The van der Waals surface area contributed by atoms with Crippen LogP contribution in [-0.4, -0.2) is 131 Å². The lowest BCUT2D eigenvalue weighted by atomic mass is 9.95. The van der Waals surface area contributed by atoms with Crippen molar-refractivity contribution in [3.05, 3.63) is 153 Å². The van der Waals surface area contributed by atoms with E-state index in [0.29, 0.717) is 37.4 Å². The molecule has 0 aliphatic rings. The molecule has 0 radical (unpaired) electrons. The first-order valence-corrected chi connectivity index (χ1v) is 45.0. The second-order valence-corrected chi connectivity index (χ2v) is 31.2. The van der Waals surface area contributed by atoms with Gasteiger partial charge in [0.2, 0.25) is 0 Å². The predicted octanol–water partition coefficient (Wildman–Crippen LogP) is 21.4. The maximum atomic E-state index is 10.5. The van der Waals surface area contributed by atoms with Crippen LogP contribution in [0.2, 0.25) is 0 Å². The fourth-order valence-electron chi connectivity index (χ4n) is 8.19. The van der Waals surface area contributed by atoms with E-state index in [1.165, 1.54) is 95.0 Å². The zero-order chi connectivity index (χ0) is 79.5. The average Bonchev–Trinajstić information content (AvgIpc) is 0.847. The molecule has 592 valence electrons. The van der Waals surface area contributed by atoms with Crippen LogP contribution in [0.3, 0.4) is 0 Å². The fourth-order valence-corrected chi connectivity index (χ4v) is 13.0. The number of fused-ring (bicyclic) bond motifs is 1. The number of carbonyl (C=O) groups is 3. The molecule has 0 saturated carbocycles. The highest BCUT2D eigenvalue weighted by Crippen LogP contribution is 2.28. The Kier molecular flexibility index (Phi) is 83.2. The van der Waals surface area contributed by atoms with E-state index in [9.17, 15) is 14.4 Å². The first kappa shape index (κ1) is 111. The standard InChI is InChI=1S/C11H16S2.C10H8S2.C10H14S2.C9H20S2.C8H16O2S2.C6H10O4S2.C6H14O2S2.2C6H6S2.C3H8OS2/c1-7-4-8(2)11(6-13)9(3)10(7)5-12;11-9-5-1-3-7-8(9)4-2-6-10(7)12;1-7-3-9(5-11)10(6-12)4-8(7)2;10-8-6-4-2-1-3-5-7-9-11;9-8(10)4-2-1-3-7(12)5-6-11;7-5(3-11)9-1-2-10-6(8)4-12;9-5-3-7-1-2-8-4-6-10;7-5-2-1-3-6(8)4-5;7-5-3-1-2-4-6(5)8;4-1-3(6)2-5/h4,12-13H,5-6H2,1-3H3;1-6,11-12H;3-4,11-12H,5-6H2,1-2H3;10-11H,1-9H2;7,11-12H,1-6H2,(H,9,10);11-12H,1-4H2;9-10H,1-6H2;2*1-4,7-8H;3-6H,1-2H2. The number of aliphatic carboxylic acids is 1. The van der Waals surface area contributed by atoms with E-state index in [1.807, 2.05) is 72.8 Å². The van der Waals surface area contributed by atoms with Crippen LogP contribution in [0.5, 0.6) is 0 Å². The highest BCUT2D eigenvalue weighted by Gasteiger charge is 2.09. The van der Waals surface area contributed by atoms with Gasteiger partial charge < -0.3 is 29.2 Å². The van der Waals surface area contributed by atoms with Gasteiger partial charge in [0, 0.05) is 86.6 Å². The molecule has 0 aliphatic heterocycles. The minimum atomic E-state index is -0.708. The van der Waals surface area contributed by atoms with E-state index >= 15 is 0 Å². The lowest BCUT2D eigenvalue weighted by molar-refractivity contribution is -0.148. The van der Waals surface area contributed by atoms with Gasteiger partial charge in [-0.1, -0.05) is 99.2 Å². The molecule has 2 N–H and O–H groups in total. The van der Waals surface area contributed by atoms with Crippen LogP contribution in [0.1, 0.15) is 127 Å². The van der Waals surface area contributed by atoms with Gasteiger partial charge in [0.25, 0.3) is 0 Å². The molecule has 0 heterocycles. The van der Waals surface area contributed by atoms with Crippen molar-refractivity contribution >= 4 is 281 Å². The lowest BCUT2D eigenvalue weighted by Gasteiger charge is -2.14. The third-order valence-corrected chi connectivity index (χ3v) is 20.9. The van der Waals surface area contributed by atoms with E-state index in [1.54, 1.807) is 0 Å². The third-order valence-electron chi connectivity index (χ3n) is 13.9. The van der Waals surface area contributed by atoms with Crippen LogP contribution < -0.4 is 0 Å². The molecule has 0 fully saturated rings. The van der Waals surface area contributed by atoms with Crippen LogP contribution in [0.4, 0.5) is 0 Å². The predicted molar refractivity (Wildman–Crippen MR) is 518 cm³/mol. The van der Waals surface area contributed by atoms with Gasteiger partial charge in [-0.3, -0.25) is 14.4 Å². The quantitative estimate of drug-likeness (QED) is 0.0111. The van der Waals surface area contributed by atoms with Crippen LogP contribution in [0, 0.1) is 34.6 Å². The van der Waals surface area contributed by atoms with Gasteiger partial charge in [-0.15, -0.1) is 75.8 Å². The van der Waals surface area contributed by atoms with Crippen molar-refractivity contribution in [1.29, 1.82) is 0 Å². The molecule has 2 atom stereocenters. The monoisotopic (exact) mass is 1800 g/mol. The normalized spacial score (nSPS) is 10.6. The summed E-state index contributed by atoms with van der Waals surface area (Å²) in [5.74, 6) is 6.87. The summed E-state index contributed by atoms with van der Waals surface area (Å²) in [5.41, 5.74) is 12.0. The summed E-state index contributed by atoms with van der Waals surface area (Å²) in [6.45, 7) is 13.7. The van der Waals surface area contributed by atoms with Crippen LogP contribution in [0.15, 0.2) is 133 Å². The molecule has 6 aromatic rings. The molecule has 6 rings (SSSR count). The van der Waals surface area contributed by atoms with Crippen molar-refractivity contribution in [3.8, 4) is 0 Å². The zero-order valence-corrected chi connectivity index (χ0v) is 78.5. The lowest BCUT2D eigenvalue weighted by Crippen LogP contribution is -2.14. The van der Waals surface area contributed by atoms with Crippen molar-refractivity contribution < 1.29 is 43.5 Å². The van der Waals surface area contributed by atoms with E-state index < -0.39 is 17.9 Å². The van der Waals surface area contributed by atoms with Crippen molar-refractivity contribution in [2.75, 3.05) is 92.3 Å². The molecular formula is C75H118O9S20. The first-order chi connectivity index (χ1) is 49.7. The SMILES string of the molecule is Cc1cc(C)c(CS)c(C)c1CS.Cc1cc(CS)c(CS)cc1C.O=C(CS)OCCOC(=O)CS.O=C(O)CCCCC(S)CCS.OCC(S)CS.SCCCCCCCCCS.SCCOCCOCCS.Sc1cccc(S)c1.Sc1cccc2c(S)cccc12.Sc1ccccc1S. The molecule has 0 amide bonds. The molecular weight excluding hydrogens is 1690 g/mol. The molecule has 9 nitrogen and oxygen atoms in total. The minimum Gasteiger partial charge on any atom is -0.481 e. The van der Waals surface area contributed by atoms with Crippen LogP contribution in [0.25, 0.3) is 10.8 Å². The first-order valence-electron chi connectivity index (χ1n) is 33.7. The highest BCUT2D eigenvalue weighted by atomic mass is 32.1. The number of thiol groups is 20. The Labute approximate surface area is 736 Å². The number of hydrogen-bond acceptors (Lipinski definition) is 28. The summed E-state index contributed by atoms with van der Waals surface area (Å²) in [4.78, 5) is 36.9. The second-order valence-electron chi connectivity index (χ2n) is 22.3. The zero-order valence-electron chi connectivity index (χ0n) is 60.6. The number of esters is 2. The molecule has 0 saturated heterocycles.